The number of carboxylic acid groups (broad SMARTS) is 1. The van der Waals surface area contributed by atoms with Gasteiger partial charge in [0.1, 0.15) is 6.04 Å². The van der Waals surface area contributed by atoms with Gasteiger partial charge in [-0.3, -0.25) is 4.90 Å². The first-order chi connectivity index (χ1) is 11.1. The topological polar surface area (TPSA) is 66.8 Å². The minimum absolute atomic E-state index is 0.107. The van der Waals surface area contributed by atoms with Crippen LogP contribution in [0.15, 0.2) is 23.9 Å². The Hall–Kier alpha value is -1.78. The molecule has 3 unspecified atom stereocenters. The molecule has 1 saturated heterocycles. The van der Waals surface area contributed by atoms with Crippen molar-refractivity contribution >= 4 is 12.1 Å². The van der Waals surface area contributed by atoms with Gasteiger partial charge in [-0.2, -0.15) is 0 Å². The Labute approximate surface area is 138 Å². The van der Waals surface area contributed by atoms with Crippen LogP contribution in [0.25, 0.3) is 0 Å². The Balaban J connectivity index is 2.01. The standard InChI is InChI=1S/C18H27NO4/c1-3-5-8-13(4-2)12-23-18(22)19-15-10-7-6-9-14(15)11-16(19)17(20)21/h6-7,10,13-14,16H,3-5,8-9,11-12H2,1-2H3,(H,20,21). The first-order valence-corrected chi connectivity index (χ1v) is 8.63. The molecule has 0 spiro atoms. The average molecular weight is 321 g/mol. The van der Waals surface area contributed by atoms with E-state index in [0.717, 1.165) is 37.8 Å². The molecular weight excluding hydrogens is 294 g/mol. The number of likely N-dealkylation sites (tertiary alicyclic amines) is 1. The number of unbranched alkanes of at least 4 members (excludes halogenated alkanes) is 1. The lowest BCUT2D eigenvalue weighted by Gasteiger charge is -2.25. The van der Waals surface area contributed by atoms with Crippen LogP contribution < -0.4 is 0 Å². The summed E-state index contributed by atoms with van der Waals surface area (Å²) in [6.45, 7) is 4.60. The number of hydrogen-bond donors (Lipinski definition) is 1. The van der Waals surface area contributed by atoms with Crippen molar-refractivity contribution in [2.24, 2.45) is 11.8 Å². The zero-order valence-corrected chi connectivity index (χ0v) is 14.0. The average Bonchev–Trinajstić information content (AvgIpc) is 2.94. The number of hydrogen-bond acceptors (Lipinski definition) is 3. The lowest BCUT2D eigenvalue weighted by atomic mass is 9.96. The molecule has 5 heteroatoms. The maximum Gasteiger partial charge on any atom is 0.414 e. The second-order valence-corrected chi connectivity index (χ2v) is 6.41. The second-order valence-electron chi connectivity index (χ2n) is 6.41. The van der Waals surface area contributed by atoms with Crippen molar-refractivity contribution in [1.82, 2.24) is 4.90 Å². The van der Waals surface area contributed by atoms with Crippen molar-refractivity contribution in [1.29, 1.82) is 0 Å². The lowest BCUT2D eigenvalue weighted by molar-refractivity contribution is -0.141. The van der Waals surface area contributed by atoms with Crippen LogP contribution in [-0.2, 0) is 9.53 Å². The summed E-state index contributed by atoms with van der Waals surface area (Å²) >= 11 is 0. The predicted molar refractivity (Wildman–Crippen MR) is 87.9 cm³/mol. The number of aliphatic carboxylic acids is 1. The summed E-state index contributed by atoms with van der Waals surface area (Å²) in [5.41, 5.74) is 0.784. The molecule has 0 aromatic heterocycles. The highest BCUT2D eigenvalue weighted by molar-refractivity contribution is 5.83. The van der Waals surface area contributed by atoms with Gasteiger partial charge < -0.3 is 9.84 Å². The highest BCUT2D eigenvalue weighted by Crippen LogP contribution is 2.38. The molecule has 1 N–H and O–H groups in total. The fourth-order valence-corrected chi connectivity index (χ4v) is 3.32. The Morgan fingerprint density at radius 3 is 2.87 bits per heavy atom. The molecule has 0 aromatic carbocycles. The molecule has 2 aliphatic rings. The smallest absolute Gasteiger partial charge is 0.414 e. The van der Waals surface area contributed by atoms with Crippen molar-refractivity contribution in [2.45, 2.75) is 58.4 Å². The maximum atomic E-state index is 12.5. The molecular formula is C18H27NO4. The van der Waals surface area contributed by atoms with E-state index in [0.29, 0.717) is 18.9 Å². The number of amides is 1. The third-order valence-electron chi connectivity index (χ3n) is 4.81. The van der Waals surface area contributed by atoms with E-state index < -0.39 is 18.1 Å². The molecule has 0 saturated carbocycles. The normalized spacial score (nSPS) is 24.1. The molecule has 1 amide bonds. The number of allylic oxidation sites excluding steroid dienone is 4. The molecule has 5 nitrogen and oxygen atoms in total. The van der Waals surface area contributed by atoms with Crippen molar-refractivity contribution < 1.29 is 19.4 Å². The molecule has 0 bridgehead atoms. The van der Waals surface area contributed by atoms with Crippen LogP contribution >= 0.6 is 0 Å². The van der Waals surface area contributed by atoms with Gasteiger partial charge in [-0.1, -0.05) is 45.3 Å². The van der Waals surface area contributed by atoms with Gasteiger partial charge in [-0.25, -0.2) is 9.59 Å². The van der Waals surface area contributed by atoms with Crippen LogP contribution in [0.3, 0.4) is 0 Å². The molecule has 1 aliphatic carbocycles. The van der Waals surface area contributed by atoms with E-state index >= 15 is 0 Å². The zero-order chi connectivity index (χ0) is 16.8. The zero-order valence-electron chi connectivity index (χ0n) is 14.0. The molecule has 2 rings (SSSR count). The third kappa shape index (κ3) is 4.15. The first-order valence-electron chi connectivity index (χ1n) is 8.63. The Morgan fingerprint density at radius 1 is 1.43 bits per heavy atom. The Kier molecular flexibility index (Phi) is 6.25. The summed E-state index contributed by atoms with van der Waals surface area (Å²) in [7, 11) is 0. The van der Waals surface area contributed by atoms with E-state index in [4.69, 9.17) is 4.74 Å². The fourth-order valence-electron chi connectivity index (χ4n) is 3.32. The SMILES string of the molecule is CCCCC(CC)COC(=O)N1C2=CC=CCC2CC1C(=O)O. The van der Waals surface area contributed by atoms with Crippen molar-refractivity contribution in [3.8, 4) is 0 Å². The van der Waals surface area contributed by atoms with Gasteiger partial charge in [0.05, 0.1) is 6.61 Å². The minimum atomic E-state index is -0.963. The predicted octanol–water partition coefficient (Wildman–Crippen LogP) is 3.96. The van der Waals surface area contributed by atoms with E-state index in [2.05, 4.69) is 13.8 Å². The summed E-state index contributed by atoms with van der Waals surface area (Å²) < 4.78 is 5.46. The number of ether oxygens (including phenoxy) is 1. The third-order valence-corrected chi connectivity index (χ3v) is 4.81. The van der Waals surface area contributed by atoms with Gasteiger partial charge in [0.25, 0.3) is 0 Å². The maximum absolute atomic E-state index is 12.5. The monoisotopic (exact) mass is 321 g/mol. The van der Waals surface area contributed by atoms with Crippen LogP contribution in [0.5, 0.6) is 0 Å². The largest absolute Gasteiger partial charge is 0.480 e. The quantitative estimate of drug-likeness (QED) is 0.771. The molecule has 1 aliphatic heterocycles. The summed E-state index contributed by atoms with van der Waals surface area (Å²) in [6, 6.07) is -0.811. The van der Waals surface area contributed by atoms with Gasteiger partial charge in [-0.15, -0.1) is 0 Å². The molecule has 128 valence electrons. The van der Waals surface area contributed by atoms with Crippen LogP contribution in [-0.4, -0.2) is 34.7 Å². The van der Waals surface area contributed by atoms with Crippen LogP contribution in [0.4, 0.5) is 4.79 Å². The van der Waals surface area contributed by atoms with E-state index in [1.165, 1.54) is 4.90 Å². The molecule has 3 atom stereocenters. The van der Waals surface area contributed by atoms with E-state index in [1.807, 2.05) is 18.2 Å². The number of carboxylic acids is 1. The van der Waals surface area contributed by atoms with Crippen LogP contribution in [0.1, 0.15) is 52.4 Å². The Bertz CT molecular complexity index is 497. The van der Waals surface area contributed by atoms with Crippen molar-refractivity contribution in [3.63, 3.8) is 0 Å². The molecule has 1 fully saturated rings. The minimum Gasteiger partial charge on any atom is -0.480 e. The van der Waals surface area contributed by atoms with E-state index in [-0.39, 0.29) is 5.92 Å². The van der Waals surface area contributed by atoms with E-state index in [1.54, 1.807) is 0 Å². The molecule has 0 aromatic rings. The van der Waals surface area contributed by atoms with Crippen LogP contribution in [0, 0.1) is 11.8 Å². The lowest BCUT2D eigenvalue weighted by Crippen LogP contribution is -2.40. The Morgan fingerprint density at radius 2 is 2.22 bits per heavy atom. The van der Waals surface area contributed by atoms with Crippen LogP contribution in [0.2, 0.25) is 0 Å². The number of carbonyl (C=O) groups excluding carboxylic acids is 1. The summed E-state index contributed by atoms with van der Waals surface area (Å²) in [5, 5.41) is 9.42. The van der Waals surface area contributed by atoms with Gasteiger partial charge in [0.15, 0.2) is 0 Å². The number of carbonyl (C=O) groups is 2. The van der Waals surface area contributed by atoms with E-state index in [9.17, 15) is 14.7 Å². The highest BCUT2D eigenvalue weighted by atomic mass is 16.6. The molecule has 0 radical (unpaired) electrons. The number of nitrogens with zero attached hydrogens (tertiary/aromatic N) is 1. The van der Waals surface area contributed by atoms with Crippen molar-refractivity contribution in [2.75, 3.05) is 6.61 Å². The molecule has 23 heavy (non-hydrogen) atoms. The second kappa shape index (κ2) is 8.18. The fraction of sp³-hybridized carbons (Fsp3) is 0.667. The first kappa shape index (κ1) is 17.6. The summed E-state index contributed by atoms with van der Waals surface area (Å²) in [5.74, 6) is -0.508. The summed E-state index contributed by atoms with van der Waals surface area (Å²) in [4.78, 5) is 25.3. The van der Waals surface area contributed by atoms with Gasteiger partial charge in [0, 0.05) is 11.6 Å². The van der Waals surface area contributed by atoms with Gasteiger partial charge in [0.2, 0.25) is 0 Å². The summed E-state index contributed by atoms with van der Waals surface area (Å²) in [6.07, 6.45) is 10.7. The van der Waals surface area contributed by atoms with Gasteiger partial charge >= 0.3 is 12.1 Å². The highest BCUT2D eigenvalue weighted by Gasteiger charge is 2.44. The molecule has 1 heterocycles. The number of fused-ring (bicyclic) bond motifs is 1. The number of rotatable bonds is 7. The van der Waals surface area contributed by atoms with Gasteiger partial charge in [-0.05, 0) is 31.3 Å². The van der Waals surface area contributed by atoms with Crippen molar-refractivity contribution in [3.05, 3.63) is 23.9 Å².